The summed E-state index contributed by atoms with van der Waals surface area (Å²) in [4.78, 5) is 32.5. The summed E-state index contributed by atoms with van der Waals surface area (Å²) in [6.45, 7) is 0. The topological polar surface area (TPSA) is 67.8 Å². The number of carbonyl (C=O) groups excluding carboxylic acids is 2. The first-order chi connectivity index (χ1) is 14.7. The zero-order chi connectivity index (χ0) is 20.6. The fourth-order valence-corrected chi connectivity index (χ4v) is 4.03. The van der Waals surface area contributed by atoms with Gasteiger partial charge in [0.2, 0.25) is 0 Å². The lowest BCUT2D eigenvalue weighted by molar-refractivity contribution is -0.140. The first kappa shape index (κ1) is 18.1. The molecule has 2 atom stereocenters. The van der Waals surface area contributed by atoms with Crippen LogP contribution in [-0.2, 0) is 15.2 Å². The highest BCUT2D eigenvalue weighted by molar-refractivity contribution is 6.23. The zero-order valence-electron chi connectivity index (χ0n) is 16.0. The van der Waals surface area contributed by atoms with E-state index in [0.29, 0.717) is 22.5 Å². The van der Waals surface area contributed by atoms with Gasteiger partial charge in [0.05, 0.1) is 5.71 Å². The monoisotopic (exact) mass is 394 g/mol. The minimum Gasteiger partial charge on any atom is -0.373 e. The summed E-state index contributed by atoms with van der Waals surface area (Å²) >= 11 is 0. The van der Waals surface area contributed by atoms with Crippen molar-refractivity contribution in [2.24, 2.45) is 11.1 Å². The van der Waals surface area contributed by atoms with E-state index in [1.807, 2.05) is 54.6 Å². The normalized spacial score (nSPS) is 21.9. The van der Waals surface area contributed by atoms with Gasteiger partial charge in [0.15, 0.2) is 5.78 Å². The molecule has 1 spiro atoms. The van der Waals surface area contributed by atoms with E-state index in [2.05, 4.69) is 10.5 Å². The van der Waals surface area contributed by atoms with Crippen molar-refractivity contribution in [1.29, 1.82) is 0 Å². The van der Waals surface area contributed by atoms with Crippen LogP contribution in [0.2, 0.25) is 0 Å². The maximum absolute atomic E-state index is 13.6. The van der Waals surface area contributed by atoms with Crippen LogP contribution < -0.4 is 5.32 Å². The van der Waals surface area contributed by atoms with Gasteiger partial charge >= 0.3 is 0 Å². The molecule has 2 heterocycles. The van der Waals surface area contributed by atoms with Crippen LogP contribution in [-0.4, -0.2) is 17.4 Å². The molecule has 5 heteroatoms. The van der Waals surface area contributed by atoms with Crippen molar-refractivity contribution in [3.05, 3.63) is 108 Å². The molecular weight excluding hydrogens is 376 g/mol. The number of nitrogens with zero attached hydrogens (tertiary/aromatic N) is 1. The number of para-hydroxylation sites is 1. The molecule has 0 aliphatic carbocycles. The number of nitrogens with one attached hydrogen (secondary N) is 1. The standard InChI is InChI=1S/C25H18N2O3/c28-23(18-11-5-2-6-12-18)22-21(16-15-17-9-3-1-4-10-17)27-30-25(22)19-13-7-8-14-20(19)26-24(25)29/h1-16,22H,(H,26,29)/b16-15+/t22-,25+/m0/s1. The zero-order valence-corrected chi connectivity index (χ0v) is 16.0. The number of fused-ring (bicyclic) bond motifs is 2. The molecule has 3 aromatic carbocycles. The molecule has 1 amide bonds. The quantitative estimate of drug-likeness (QED) is 0.666. The van der Waals surface area contributed by atoms with Gasteiger partial charge in [0, 0.05) is 16.8 Å². The molecule has 2 aliphatic rings. The number of allylic oxidation sites excluding steroid dienone is 1. The summed E-state index contributed by atoms with van der Waals surface area (Å²) < 4.78 is 0. The highest BCUT2D eigenvalue weighted by atomic mass is 16.7. The third-order valence-electron chi connectivity index (χ3n) is 5.48. The Balaban J connectivity index is 1.62. The van der Waals surface area contributed by atoms with Crippen LogP contribution in [0.15, 0.2) is 96.2 Å². The molecule has 5 rings (SSSR count). The first-order valence-corrected chi connectivity index (χ1v) is 9.69. The third-order valence-corrected chi connectivity index (χ3v) is 5.48. The second-order valence-corrected chi connectivity index (χ2v) is 7.25. The first-order valence-electron chi connectivity index (χ1n) is 9.69. The van der Waals surface area contributed by atoms with Crippen molar-refractivity contribution < 1.29 is 14.4 Å². The van der Waals surface area contributed by atoms with E-state index >= 15 is 0 Å². The predicted octanol–water partition coefficient (Wildman–Crippen LogP) is 4.43. The lowest BCUT2D eigenvalue weighted by Gasteiger charge is -2.26. The van der Waals surface area contributed by atoms with Crippen molar-refractivity contribution in [2.45, 2.75) is 5.60 Å². The third kappa shape index (κ3) is 2.75. The van der Waals surface area contributed by atoms with Crippen molar-refractivity contribution in [2.75, 3.05) is 5.32 Å². The Morgan fingerprint density at radius 1 is 0.900 bits per heavy atom. The molecule has 2 aliphatic heterocycles. The largest absolute Gasteiger partial charge is 0.373 e. The van der Waals surface area contributed by atoms with Gasteiger partial charge in [-0.1, -0.05) is 90.1 Å². The number of carbonyl (C=O) groups is 2. The van der Waals surface area contributed by atoms with Gasteiger partial charge in [0.1, 0.15) is 5.92 Å². The summed E-state index contributed by atoms with van der Waals surface area (Å²) in [7, 11) is 0. The Morgan fingerprint density at radius 2 is 1.57 bits per heavy atom. The number of anilines is 1. The molecule has 0 bridgehead atoms. The summed E-state index contributed by atoms with van der Waals surface area (Å²) in [6, 6.07) is 25.9. The summed E-state index contributed by atoms with van der Waals surface area (Å²) in [5.74, 6) is -1.50. The number of hydrogen-bond acceptors (Lipinski definition) is 4. The molecule has 146 valence electrons. The smallest absolute Gasteiger partial charge is 0.277 e. The minimum atomic E-state index is -1.51. The molecular formula is C25H18N2O3. The van der Waals surface area contributed by atoms with Crippen molar-refractivity contribution in [1.82, 2.24) is 0 Å². The molecule has 3 aromatic rings. The average Bonchev–Trinajstić information content (AvgIpc) is 3.32. The van der Waals surface area contributed by atoms with E-state index in [9.17, 15) is 9.59 Å². The summed E-state index contributed by atoms with van der Waals surface area (Å²) in [6.07, 6.45) is 3.62. The fraction of sp³-hybridized carbons (Fsp3) is 0.0800. The van der Waals surface area contributed by atoms with Crippen LogP contribution in [0.4, 0.5) is 5.69 Å². The lowest BCUT2D eigenvalue weighted by atomic mass is 9.75. The average molecular weight is 394 g/mol. The number of Topliss-reactive ketones (excluding diaryl/α,β-unsaturated/α-hetero) is 1. The van der Waals surface area contributed by atoms with Crippen LogP contribution in [0.25, 0.3) is 6.08 Å². The van der Waals surface area contributed by atoms with E-state index in [1.165, 1.54) is 0 Å². The Bertz CT molecular complexity index is 1190. The van der Waals surface area contributed by atoms with Crippen molar-refractivity contribution in [3.63, 3.8) is 0 Å². The van der Waals surface area contributed by atoms with Crippen molar-refractivity contribution >= 4 is 29.2 Å². The van der Waals surface area contributed by atoms with Gasteiger partial charge in [-0.05, 0) is 17.7 Å². The van der Waals surface area contributed by atoms with E-state index in [-0.39, 0.29) is 11.7 Å². The molecule has 30 heavy (non-hydrogen) atoms. The number of amides is 1. The molecule has 5 nitrogen and oxygen atoms in total. The Morgan fingerprint density at radius 3 is 2.33 bits per heavy atom. The van der Waals surface area contributed by atoms with Gasteiger partial charge in [-0.2, -0.15) is 0 Å². The summed E-state index contributed by atoms with van der Waals surface area (Å²) in [5.41, 5.74) is 1.63. The van der Waals surface area contributed by atoms with Gasteiger partial charge in [-0.3, -0.25) is 9.59 Å². The van der Waals surface area contributed by atoms with Crippen molar-refractivity contribution in [3.8, 4) is 0 Å². The molecule has 0 saturated carbocycles. The second kappa shape index (κ2) is 7.12. The van der Waals surface area contributed by atoms with Gasteiger partial charge < -0.3 is 10.2 Å². The van der Waals surface area contributed by atoms with E-state index in [0.717, 1.165) is 5.56 Å². The van der Waals surface area contributed by atoms with Crippen LogP contribution in [0.1, 0.15) is 21.5 Å². The summed E-state index contributed by atoms with van der Waals surface area (Å²) in [5, 5.41) is 7.06. The maximum atomic E-state index is 13.6. The molecule has 0 aromatic heterocycles. The minimum absolute atomic E-state index is 0.212. The molecule has 0 fully saturated rings. The van der Waals surface area contributed by atoms with E-state index in [4.69, 9.17) is 4.84 Å². The lowest BCUT2D eigenvalue weighted by Crippen LogP contribution is -2.46. The van der Waals surface area contributed by atoms with Gasteiger partial charge in [0.25, 0.3) is 11.5 Å². The number of rotatable bonds is 4. The number of benzene rings is 3. The van der Waals surface area contributed by atoms with Crippen LogP contribution in [0.5, 0.6) is 0 Å². The highest BCUT2D eigenvalue weighted by Crippen LogP contribution is 2.49. The molecule has 0 radical (unpaired) electrons. The predicted molar refractivity (Wildman–Crippen MR) is 115 cm³/mol. The van der Waals surface area contributed by atoms with Gasteiger partial charge in [-0.15, -0.1) is 0 Å². The fourth-order valence-electron chi connectivity index (χ4n) is 4.03. The van der Waals surface area contributed by atoms with E-state index in [1.54, 1.807) is 42.5 Å². The number of ketones is 1. The van der Waals surface area contributed by atoms with Crippen LogP contribution in [0.3, 0.4) is 0 Å². The Labute approximate surface area is 173 Å². The Hall–Kier alpha value is -3.99. The molecule has 0 unspecified atom stereocenters. The van der Waals surface area contributed by atoms with Crippen LogP contribution >= 0.6 is 0 Å². The highest BCUT2D eigenvalue weighted by Gasteiger charge is 2.62. The van der Waals surface area contributed by atoms with Gasteiger partial charge in [-0.25, -0.2) is 0 Å². The maximum Gasteiger partial charge on any atom is 0.277 e. The SMILES string of the molecule is O=C(c1ccccc1)[C@@H]1C(/C=C/c2ccccc2)=NO[C@@]12C(=O)Nc1ccccc12. The van der Waals surface area contributed by atoms with E-state index < -0.39 is 11.5 Å². The number of oxime groups is 1. The van der Waals surface area contributed by atoms with Crippen LogP contribution in [0, 0.1) is 5.92 Å². The molecule has 1 N–H and O–H groups in total. The molecule has 0 saturated heterocycles. The number of hydrogen-bond donors (Lipinski definition) is 1. The second-order valence-electron chi connectivity index (χ2n) is 7.25. The Kier molecular flexibility index (Phi) is 4.29.